The quantitative estimate of drug-likeness (QED) is 0.285. The molecule has 0 atom stereocenters. The van der Waals surface area contributed by atoms with Crippen LogP contribution in [0, 0.1) is 12.7 Å². The SMILES string of the molecule is Cc1ccn(-c2ncc(F)c3cc(C(=O)C(=O)N4CCN(c5nnnn5-c5ccccc5)CC4)[nH]c23)n1. The normalized spacial score (nSPS) is 13.9. The molecular formula is C24H21FN10O2. The Morgan fingerprint density at radius 2 is 1.84 bits per heavy atom. The predicted octanol–water partition coefficient (Wildman–Crippen LogP) is 1.70. The fraction of sp³-hybridized carbons (Fsp3) is 0.208. The summed E-state index contributed by atoms with van der Waals surface area (Å²) in [6.07, 6.45) is 2.76. The fourth-order valence-corrected chi connectivity index (χ4v) is 4.38. The molecule has 1 saturated heterocycles. The summed E-state index contributed by atoms with van der Waals surface area (Å²) >= 11 is 0. The maximum atomic E-state index is 14.5. The number of carbonyl (C=O) groups is 2. The number of Topliss-reactive ketones (excluding diaryl/α,β-unsaturated/α-hetero) is 1. The van der Waals surface area contributed by atoms with Crippen LogP contribution in [0.2, 0.25) is 0 Å². The molecule has 0 bridgehead atoms. The second-order valence-corrected chi connectivity index (χ2v) is 8.64. The number of carbonyl (C=O) groups excluding carboxylic acids is 2. The molecule has 0 aliphatic carbocycles. The molecule has 5 aromatic rings. The van der Waals surface area contributed by atoms with Crippen molar-refractivity contribution >= 4 is 28.5 Å². The average molecular weight is 500 g/mol. The van der Waals surface area contributed by atoms with Crippen LogP contribution in [-0.2, 0) is 4.79 Å². The van der Waals surface area contributed by atoms with Crippen molar-refractivity contribution in [3.63, 3.8) is 0 Å². The van der Waals surface area contributed by atoms with Gasteiger partial charge in [-0.05, 0) is 41.6 Å². The lowest BCUT2D eigenvalue weighted by Crippen LogP contribution is -2.51. The number of nitrogens with one attached hydrogen (secondary N) is 1. The fourth-order valence-electron chi connectivity index (χ4n) is 4.38. The van der Waals surface area contributed by atoms with Gasteiger partial charge >= 0.3 is 0 Å². The molecule has 37 heavy (non-hydrogen) atoms. The first-order chi connectivity index (χ1) is 18.0. The number of piperazine rings is 1. The number of hydrogen-bond donors (Lipinski definition) is 1. The molecule has 13 heteroatoms. The lowest BCUT2D eigenvalue weighted by Gasteiger charge is -2.34. The number of para-hydroxylation sites is 1. The van der Waals surface area contributed by atoms with Crippen molar-refractivity contribution < 1.29 is 14.0 Å². The number of nitrogens with zero attached hydrogens (tertiary/aromatic N) is 9. The zero-order valence-corrected chi connectivity index (χ0v) is 19.7. The van der Waals surface area contributed by atoms with Gasteiger partial charge in [-0.1, -0.05) is 23.3 Å². The predicted molar refractivity (Wildman–Crippen MR) is 130 cm³/mol. The first kappa shape index (κ1) is 22.5. The van der Waals surface area contributed by atoms with E-state index in [-0.39, 0.29) is 16.6 Å². The van der Waals surface area contributed by atoms with Gasteiger partial charge in [-0.3, -0.25) is 9.59 Å². The van der Waals surface area contributed by atoms with E-state index in [2.05, 4.69) is 30.6 Å². The summed E-state index contributed by atoms with van der Waals surface area (Å²) in [5.74, 6) is -1.13. The van der Waals surface area contributed by atoms with Crippen molar-refractivity contribution in [1.82, 2.24) is 44.9 Å². The average Bonchev–Trinajstić information content (AvgIpc) is 3.69. The van der Waals surface area contributed by atoms with Gasteiger partial charge in [0.2, 0.25) is 5.95 Å². The number of ketones is 1. The molecule has 1 amide bonds. The van der Waals surface area contributed by atoms with E-state index in [0.717, 1.165) is 17.6 Å². The summed E-state index contributed by atoms with van der Waals surface area (Å²) in [5.41, 5.74) is 1.86. The number of rotatable bonds is 5. The Hall–Kier alpha value is -4.94. The lowest BCUT2D eigenvalue weighted by molar-refractivity contribution is -0.126. The molecule has 186 valence electrons. The molecule has 0 unspecified atom stereocenters. The first-order valence-electron chi connectivity index (χ1n) is 11.6. The molecule has 1 aromatic carbocycles. The van der Waals surface area contributed by atoms with Crippen molar-refractivity contribution in [2.45, 2.75) is 6.92 Å². The van der Waals surface area contributed by atoms with Crippen LogP contribution in [0.3, 0.4) is 0 Å². The number of anilines is 1. The monoisotopic (exact) mass is 500 g/mol. The Morgan fingerprint density at radius 3 is 2.57 bits per heavy atom. The van der Waals surface area contributed by atoms with Crippen molar-refractivity contribution in [1.29, 1.82) is 0 Å². The third-order valence-corrected chi connectivity index (χ3v) is 6.28. The van der Waals surface area contributed by atoms with Gasteiger partial charge in [0.05, 0.1) is 28.8 Å². The van der Waals surface area contributed by atoms with E-state index in [1.54, 1.807) is 16.9 Å². The smallest absolute Gasteiger partial charge is 0.296 e. The van der Waals surface area contributed by atoms with Gasteiger partial charge in [0, 0.05) is 37.8 Å². The maximum Gasteiger partial charge on any atom is 0.296 e. The largest absolute Gasteiger partial charge is 0.348 e. The van der Waals surface area contributed by atoms with Crippen LogP contribution in [0.15, 0.2) is 54.9 Å². The Labute approximate surface area is 209 Å². The van der Waals surface area contributed by atoms with Crippen LogP contribution in [0.25, 0.3) is 22.4 Å². The zero-order chi connectivity index (χ0) is 25.5. The number of amides is 1. The molecule has 0 radical (unpaired) electrons. The number of halogens is 1. The topological polar surface area (TPSA) is 131 Å². The number of hydrogen-bond acceptors (Lipinski definition) is 8. The molecule has 4 aromatic heterocycles. The van der Waals surface area contributed by atoms with Crippen molar-refractivity contribution in [3.8, 4) is 11.5 Å². The standard InChI is InChI=1S/C24H21FN10O2/c1-15-7-8-34(29-15)22-20-17(18(25)14-26-22)13-19(27-20)21(36)23(37)32-9-11-33(12-10-32)24-28-30-31-35(24)16-5-3-2-4-6-16/h2-8,13-14,27H,9-12H2,1H3. The summed E-state index contributed by atoms with van der Waals surface area (Å²) < 4.78 is 17.6. The maximum absolute atomic E-state index is 14.5. The second kappa shape index (κ2) is 8.93. The molecule has 0 saturated carbocycles. The third-order valence-electron chi connectivity index (χ3n) is 6.28. The summed E-state index contributed by atoms with van der Waals surface area (Å²) in [7, 11) is 0. The minimum absolute atomic E-state index is 0.00696. The molecule has 1 N–H and O–H groups in total. The number of aromatic nitrogens is 8. The number of benzene rings is 1. The van der Waals surface area contributed by atoms with Gasteiger partial charge in [0.15, 0.2) is 11.6 Å². The van der Waals surface area contributed by atoms with Gasteiger partial charge in [0.1, 0.15) is 0 Å². The highest BCUT2D eigenvalue weighted by Gasteiger charge is 2.30. The highest BCUT2D eigenvalue weighted by Crippen LogP contribution is 2.24. The Balaban J connectivity index is 1.19. The molecule has 12 nitrogen and oxygen atoms in total. The van der Waals surface area contributed by atoms with E-state index in [4.69, 9.17) is 0 Å². The number of tetrazole rings is 1. The Kier molecular flexibility index (Phi) is 5.44. The lowest BCUT2D eigenvalue weighted by atomic mass is 10.2. The summed E-state index contributed by atoms with van der Waals surface area (Å²) in [4.78, 5) is 36.6. The minimum atomic E-state index is -0.749. The highest BCUT2D eigenvalue weighted by atomic mass is 19.1. The van der Waals surface area contributed by atoms with Gasteiger partial charge in [-0.15, -0.1) is 0 Å². The van der Waals surface area contributed by atoms with Crippen molar-refractivity contribution in [2.75, 3.05) is 31.1 Å². The van der Waals surface area contributed by atoms with Crippen LogP contribution in [0.1, 0.15) is 16.2 Å². The summed E-state index contributed by atoms with van der Waals surface area (Å²) in [6, 6.07) is 12.6. The highest BCUT2D eigenvalue weighted by molar-refractivity contribution is 6.42. The third kappa shape index (κ3) is 3.99. The van der Waals surface area contributed by atoms with Crippen LogP contribution < -0.4 is 4.90 Å². The summed E-state index contributed by atoms with van der Waals surface area (Å²) in [5, 5.41) is 16.5. The Morgan fingerprint density at radius 1 is 1.05 bits per heavy atom. The van der Waals surface area contributed by atoms with Gasteiger partial charge in [-0.25, -0.2) is 14.1 Å². The van der Waals surface area contributed by atoms with Crippen LogP contribution in [0.4, 0.5) is 10.3 Å². The molecule has 5 heterocycles. The molecule has 6 rings (SSSR count). The van der Waals surface area contributed by atoms with Crippen LogP contribution in [0.5, 0.6) is 0 Å². The second-order valence-electron chi connectivity index (χ2n) is 8.64. The number of H-pyrrole nitrogens is 1. The summed E-state index contributed by atoms with van der Waals surface area (Å²) in [6.45, 7) is 3.32. The van der Waals surface area contributed by atoms with Gasteiger partial charge in [0.25, 0.3) is 11.7 Å². The van der Waals surface area contributed by atoms with Crippen molar-refractivity contribution in [2.24, 2.45) is 0 Å². The van der Waals surface area contributed by atoms with E-state index in [1.807, 2.05) is 42.2 Å². The Bertz CT molecular complexity index is 1620. The van der Waals surface area contributed by atoms with Gasteiger partial charge in [-0.2, -0.15) is 9.78 Å². The minimum Gasteiger partial charge on any atom is -0.348 e. The first-order valence-corrected chi connectivity index (χ1v) is 11.6. The number of fused-ring (bicyclic) bond motifs is 1. The van der Waals surface area contributed by atoms with Crippen LogP contribution >= 0.6 is 0 Å². The van der Waals surface area contributed by atoms with Gasteiger partial charge < -0.3 is 14.8 Å². The van der Waals surface area contributed by atoms with E-state index < -0.39 is 17.5 Å². The molecule has 1 fully saturated rings. The number of pyridine rings is 1. The van der Waals surface area contributed by atoms with Crippen LogP contribution in [-0.4, -0.2) is 82.7 Å². The van der Waals surface area contributed by atoms with E-state index in [9.17, 15) is 14.0 Å². The molecule has 0 spiro atoms. The van der Waals surface area contributed by atoms with E-state index >= 15 is 0 Å². The number of aromatic amines is 1. The van der Waals surface area contributed by atoms with E-state index in [1.165, 1.54) is 15.6 Å². The number of aryl methyl sites for hydroxylation is 1. The molecule has 1 aliphatic heterocycles. The molecule has 1 aliphatic rings. The van der Waals surface area contributed by atoms with Crippen molar-refractivity contribution in [3.05, 3.63) is 72.1 Å². The molecular weight excluding hydrogens is 479 g/mol. The zero-order valence-electron chi connectivity index (χ0n) is 19.7. The van der Waals surface area contributed by atoms with E-state index in [0.29, 0.717) is 37.9 Å².